The lowest BCUT2D eigenvalue weighted by atomic mass is 10.2. The SMILES string of the molecule is NC(=NOC(=O)c1ccc(Cl)c(Cl)c1)c1cccnc1. The summed E-state index contributed by atoms with van der Waals surface area (Å²) in [5, 5.41) is 4.16. The Morgan fingerprint density at radius 1 is 1.20 bits per heavy atom. The summed E-state index contributed by atoms with van der Waals surface area (Å²) in [4.78, 5) is 20.4. The molecule has 2 rings (SSSR count). The highest BCUT2D eigenvalue weighted by molar-refractivity contribution is 6.42. The number of nitrogens with zero attached hydrogens (tertiary/aromatic N) is 2. The Morgan fingerprint density at radius 3 is 2.65 bits per heavy atom. The van der Waals surface area contributed by atoms with Crippen molar-refractivity contribution in [2.45, 2.75) is 0 Å². The highest BCUT2D eigenvalue weighted by atomic mass is 35.5. The minimum Gasteiger partial charge on any atom is -0.380 e. The van der Waals surface area contributed by atoms with Crippen molar-refractivity contribution >= 4 is 35.0 Å². The van der Waals surface area contributed by atoms with Crippen LogP contribution in [-0.2, 0) is 4.84 Å². The molecular weight excluding hydrogens is 301 g/mol. The first-order chi connectivity index (χ1) is 9.58. The van der Waals surface area contributed by atoms with Crippen LogP contribution in [0.15, 0.2) is 47.9 Å². The van der Waals surface area contributed by atoms with E-state index < -0.39 is 5.97 Å². The molecule has 0 aliphatic heterocycles. The van der Waals surface area contributed by atoms with E-state index in [0.717, 1.165) is 0 Å². The van der Waals surface area contributed by atoms with Gasteiger partial charge in [0, 0.05) is 18.0 Å². The van der Waals surface area contributed by atoms with Gasteiger partial charge in [-0.15, -0.1) is 0 Å². The monoisotopic (exact) mass is 309 g/mol. The summed E-state index contributed by atoms with van der Waals surface area (Å²) in [6.07, 6.45) is 3.10. The number of pyridine rings is 1. The highest BCUT2D eigenvalue weighted by Crippen LogP contribution is 2.22. The predicted molar refractivity (Wildman–Crippen MR) is 76.8 cm³/mol. The van der Waals surface area contributed by atoms with Crippen molar-refractivity contribution in [3.05, 3.63) is 63.9 Å². The predicted octanol–water partition coefficient (Wildman–Crippen LogP) is 2.87. The van der Waals surface area contributed by atoms with Gasteiger partial charge in [0.1, 0.15) is 0 Å². The third-order valence-electron chi connectivity index (χ3n) is 2.34. The van der Waals surface area contributed by atoms with Crippen molar-refractivity contribution in [2.24, 2.45) is 10.9 Å². The van der Waals surface area contributed by atoms with Crippen LogP contribution < -0.4 is 5.73 Å². The van der Waals surface area contributed by atoms with Crippen LogP contribution in [0, 0.1) is 0 Å². The first-order valence-corrected chi connectivity index (χ1v) is 6.24. The number of rotatable bonds is 3. The normalized spacial score (nSPS) is 11.2. The summed E-state index contributed by atoms with van der Waals surface area (Å²) in [7, 11) is 0. The third kappa shape index (κ3) is 3.46. The molecule has 0 aliphatic carbocycles. The Kier molecular flexibility index (Phi) is 4.55. The lowest BCUT2D eigenvalue weighted by Gasteiger charge is -2.02. The standard InChI is InChI=1S/C13H9Cl2N3O2/c14-10-4-3-8(6-11(10)15)13(19)20-18-12(16)9-2-1-5-17-7-9/h1-7H,(H2,16,18). The smallest absolute Gasteiger partial charge is 0.365 e. The fourth-order valence-corrected chi connectivity index (χ4v) is 1.63. The molecule has 2 N–H and O–H groups in total. The molecule has 1 aromatic heterocycles. The number of nitrogens with two attached hydrogens (primary N) is 1. The molecule has 0 saturated heterocycles. The van der Waals surface area contributed by atoms with E-state index in [2.05, 4.69) is 10.1 Å². The van der Waals surface area contributed by atoms with Crippen molar-refractivity contribution < 1.29 is 9.63 Å². The zero-order valence-electron chi connectivity index (χ0n) is 10.1. The lowest BCUT2D eigenvalue weighted by molar-refractivity contribution is 0.0516. The number of oxime groups is 1. The minimum absolute atomic E-state index is 0.0477. The molecule has 102 valence electrons. The maximum Gasteiger partial charge on any atom is 0.365 e. The van der Waals surface area contributed by atoms with Crippen LogP contribution >= 0.6 is 23.2 Å². The Labute approximate surface area is 125 Å². The largest absolute Gasteiger partial charge is 0.380 e. The van der Waals surface area contributed by atoms with E-state index in [1.165, 1.54) is 24.4 Å². The van der Waals surface area contributed by atoms with Crippen molar-refractivity contribution in [3.8, 4) is 0 Å². The van der Waals surface area contributed by atoms with Crippen molar-refractivity contribution in [3.63, 3.8) is 0 Å². The molecule has 0 atom stereocenters. The Balaban J connectivity index is 2.10. The van der Waals surface area contributed by atoms with Crippen LogP contribution in [-0.4, -0.2) is 16.8 Å². The summed E-state index contributed by atoms with van der Waals surface area (Å²) in [5.74, 6) is -0.637. The maximum absolute atomic E-state index is 11.7. The summed E-state index contributed by atoms with van der Waals surface area (Å²) in [6, 6.07) is 7.75. The van der Waals surface area contributed by atoms with Gasteiger partial charge in [0.25, 0.3) is 0 Å². The number of carbonyl (C=O) groups is 1. The molecule has 0 unspecified atom stereocenters. The third-order valence-corrected chi connectivity index (χ3v) is 3.08. The summed E-state index contributed by atoms with van der Waals surface area (Å²) >= 11 is 11.6. The average Bonchev–Trinajstić information content (AvgIpc) is 2.48. The number of hydrogen-bond donors (Lipinski definition) is 1. The van der Waals surface area contributed by atoms with Gasteiger partial charge in [-0.3, -0.25) is 4.98 Å². The summed E-state index contributed by atoms with van der Waals surface area (Å²) < 4.78 is 0. The average molecular weight is 310 g/mol. The van der Waals surface area contributed by atoms with E-state index in [-0.39, 0.29) is 16.4 Å². The fourth-order valence-electron chi connectivity index (χ4n) is 1.33. The second kappa shape index (κ2) is 6.36. The molecule has 20 heavy (non-hydrogen) atoms. The van der Waals surface area contributed by atoms with Gasteiger partial charge in [0.15, 0.2) is 5.84 Å². The quantitative estimate of drug-likeness (QED) is 0.409. The van der Waals surface area contributed by atoms with Gasteiger partial charge < -0.3 is 10.6 Å². The van der Waals surface area contributed by atoms with E-state index in [4.69, 9.17) is 33.8 Å². The van der Waals surface area contributed by atoms with E-state index in [0.29, 0.717) is 10.6 Å². The zero-order chi connectivity index (χ0) is 14.5. The van der Waals surface area contributed by atoms with E-state index in [1.54, 1.807) is 18.3 Å². The molecule has 0 spiro atoms. The maximum atomic E-state index is 11.7. The van der Waals surface area contributed by atoms with E-state index >= 15 is 0 Å². The number of aromatic nitrogens is 1. The van der Waals surface area contributed by atoms with Crippen molar-refractivity contribution in [1.82, 2.24) is 4.98 Å². The second-order valence-electron chi connectivity index (χ2n) is 3.73. The topological polar surface area (TPSA) is 77.6 Å². The van der Waals surface area contributed by atoms with Gasteiger partial charge in [-0.1, -0.05) is 28.4 Å². The van der Waals surface area contributed by atoms with E-state index in [9.17, 15) is 4.79 Å². The molecule has 7 heteroatoms. The van der Waals surface area contributed by atoms with E-state index in [1.807, 2.05) is 0 Å². The molecule has 0 saturated carbocycles. The number of halogens is 2. The lowest BCUT2D eigenvalue weighted by Crippen LogP contribution is -2.15. The molecular formula is C13H9Cl2N3O2. The summed E-state index contributed by atoms with van der Waals surface area (Å²) in [6.45, 7) is 0. The fraction of sp³-hybridized carbons (Fsp3) is 0. The van der Waals surface area contributed by atoms with Gasteiger partial charge in [0.05, 0.1) is 15.6 Å². The van der Waals surface area contributed by atoms with Crippen molar-refractivity contribution in [2.75, 3.05) is 0 Å². The van der Waals surface area contributed by atoms with Crippen LogP contribution in [0.5, 0.6) is 0 Å². The molecule has 0 bridgehead atoms. The first-order valence-electron chi connectivity index (χ1n) is 5.48. The Hall–Kier alpha value is -2.11. The molecule has 5 nitrogen and oxygen atoms in total. The molecule has 0 amide bonds. The van der Waals surface area contributed by atoms with Crippen LogP contribution in [0.25, 0.3) is 0 Å². The number of hydrogen-bond acceptors (Lipinski definition) is 4. The molecule has 1 heterocycles. The van der Waals surface area contributed by atoms with Crippen LogP contribution in [0.1, 0.15) is 15.9 Å². The second-order valence-corrected chi connectivity index (χ2v) is 4.54. The number of benzene rings is 1. The first kappa shape index (κ1) is 14.3. The van der Waals surface area contributed by atoms with Crippen molar-refractivity contribution in [1.29, 1.82) is 0 Å². The molecule has 0 aliphatic rings. The Morgan fingerprint density at radius 2 is 2.00 bits per heavy atom. The Bertz CT molecular complexity index is 660. The van der Waals surface area contributed by atoms with Gasteiger partial charge in [-0.25, -0.2) is 4.79 Å². The van der Waals surface area contributed by atoms with Gasteiger partial charge in [0.2, 0.25) is 0 Å². The van der Waals surface area contributed by atoms with Crippen LogP contribution in [0.3, 0.4) is 0 Å². The van der Waals surface area contributed by atoms with Gasteiger partial charge in [-0.05, 0) is 30.3 Å². The molecule has 2 aromatic rings. The van der Waals surface area contributed by atoms with Crippen LogP contribution in [0.4, 0.5) is 0 Å². The zero-order valence-corrected chi connectivity index (χ0v) is 11.6. The molecule has 1 aromatic carbocycles. The van der Waals surface area contributed by atoms with Gasteiger partial charge in [-0.2, -0.15) is 0 Å². The number of carbonyl (C=O) groups excluding carboxylic acids is 1. The minimum atomic E-state index is -0.685. The molecule has 0 radical (unpaired) electrons. The number of amidine groups is 1. The van der Waals surface area contributed by atoms with Crippen LogP contribution in [0.2, 0.25) is 10.0 Å². The summed E-state index contributed by atoms with van der Waals surface area (Å²) in [5.41, 5.74) is 6.44. The van der Waals surface area contributed by atoms with Gasteiger partial charge >= 0.3 is 5.97 Å². The highest BCUT2D eigenvalue weighted by Gasteiger charge is 2.10. The molecule has 0 fully saturated rings.